The molecule has 1 atom stereocenters. The van der Waals surface area contributed by atoms with Gasteiger partial charge < -0.3 is 25.2 Å². The van der Waals surface area contributed by atoms with Gasteiger partial charge in [0, 0.05) is 6.42 Å². The van der Waals surface area contributed by atoms with Gasteiger partial charge in [-0.1, -0.05) is 6.92 Å². The fraction of sp³-hybridized carbons (Fsp3) is 0.875. The first-order valence-corrected chi connectivity index (χ1v) is 4.17. The number of quaternary nitrogens is 1. The zero-order valence-electron chi connectivity index (χ0n) is 8.78. The third-order valence-electron chi connectivity index (χ3n) is 1.44. The van der Waals surface area contributed by atoms with Crippen molar-refractivity contribution in [2.45, 2.75) is 26.0 Å². The number of primary amides is 1. The van der Waals surface area contributed by atoms with E-state index in [1.807, 2.05) is 21.1 Å². The third kappa shape index (κ3) is 14.1. The predicted molar refractivity (Wildman–Crippen MR) is 48.5 cm³/mol. The van der Waals surface area contributed by atoms with Crippen molar-refractivity contribution in [3.05, 3.63) is 0 Å². The topological polar surface area (TPSA) is 86.4 Å². The van der Waals surface area contributed by atoms with Crippen molar-refractivity contribution in [2.75, 3.05) is 21.1 Å². The highest BCUT2D eigenvalue weighted by molar-refractivity contribution is 5.58. The lowest BCUT2D eigenvalue weighted by Crippen LogP contribution is -2.44. The molecule has 0 fully saturated rings. The van der Waals surface area contributed by atoms with Crippen molar-refractivity contribution in [1.82, 2.24) is 0 Å². The number of carboxylic acid groups (broad SMARTS) is 1. The Bertz CT molecular complexity index is 139. The molecular weight excluding hydrogens is 172 g/mol. The van der Waals surface area contributed by atoms with Crippen LogP contribution in [0.15, 0.2) is 0 Å². The van der Waals surface area contributed by atoms with Crippen molar-refractivity contribution < 1.29 is 19.5 Å². The van der Waals surface area contributed by atoms with Gasteiger partial charge in [0.2, 0.25) is 0 Å². The number of carbonyl (C=O) groups is 1. The monoisotopic (exact) mass is 192 g/mol. The lowest BCUT2D eigenvalue weighted by molar-refractivity contribution is -0.919. The van der Waals surface area contributed by atoms with E-state index in [9.17, 15) is 5.11 Å². The fourth-order valence-electron chi connectivity index (χ4n) is 0.645. The predicted octanol–water partition coefficient (Wildman–Crippen LogP) is -0.900. The smallest absolute Gasteiger partial charge is 0.189 e. The second kappa shape index (κ2) is 6.68. The van der Waals surface area contributed by atoms with Gasteiger partial charge in [-0.15, -0.1) is 0 Å². The summed E-state index contributed by atoms with van der Waals surface area (Å²) >= 11 is 0. The summed E-state index contributed by atoms with van der Waals surface area (Å²) in [6.07, 6.45) is 0.162. The van der Waals surface area contributed by atoms with E-state index in [1.54, 1.807) is 0 Å². The molecule has 5 nitrogen and oxygen atoms in total. The van der Waals surface area contributed by atoms with Crippen LogP contribution < -0.4 is 10.8 Å². The van der Waals surface area contributed by atoms with Crippen molar-refractivity contribution in [1.29, 1.82) is 0 Å². The Kier molecular flexibility index (Phi) is 7.55. The van der Waals surface area contributed by atoms with Gasteiger partial charge in [-0.3, -0.25) is 0 Å². The average molecular weight is 192 g/mol. The normalized spacial score (nSPS) is 12.7. The van der Waals surface area contributed by atoms with Crippen LogP contribution in [0.2, 0.25) is 0 Å². The van der Waals surface area contributed by atoms with Crippen LogP contribution in [0.25, 0.3) is 0 Å². The first kappa shape index (κ1) is 14.7. The molecule has 0 aliphatic carbocycles. The van der Waals surface area contributed by atoms with Crippen LogP contribution in [0.1, 0.15) is 19.8 Å². The Balaban J connectivity index is 0. The van der Waals surface area contributed by atoms with Gasteiger partial charge in [0.15, 0.2) is 6.23 Å². The Morgan fingerprint density at radius 1 is 1.54 bits per heavy atom. The van der Waals surface area contributed by atoms with Crippen molar-refractivity contribution >= 4 is 6.09 Å². The molecule has 0 saturated heterocycles. The summed E-state index contributed by atoms with van der Waals surface area (Å²) in [5.74, 6) is 0. The SMILES string of the molecule is CCCC(O)[N+](C)(C)C.NC(=O)[O-]. The van der Waals surface area contributed by atoms with Crippen LogP contribution >= 0.6 is 0 Å². The van der Waals surface area contributed by atoms with Crippen LogP contribution in [-0.2, 0) is 0 Å². The maximum atomic E-state index is 9.36. The largest absolute Gasteiger partial charge is 0.530 e. The standard InChI is InChI=1S/C7H18NO.CH3NO2/c1-5-6-7(9)8(2,3)4;2-1(3)4/h7,9H,5-6H2,1-4H3;2H2,(H,3,4)/q+1;/p-1. The number of hydrogen-bond acceptors (Lipinski definition) is 3. The van der Waals surface area contributed by atoms with Crippen LogP contribution in [0.4, 0.5) is 4.79 Å². The molecule has 0 rings (SSSR count). The van der Waals surface area contributed by atoms with Crippen LogP contribution in [0.5, 0.6) is 0 Å². The number of amides is 1. The molecule has 80 valence electrons. The molecule has 1 amide bonds. The minimum absolute atomic E-state index is 0.199. The number of aliphatic hydroxyl groups is 1. The molecule has 0 heterocycles. The van der Waals surface area contributed by atoms with Gasteiger partial charge in [0.25, 0.3) is 0 Å². The van der Waals surface area contributed by atoms with E-state index < -0.39 is 6.09 Å². The number of aliphatic hydroxyl groups excluding tert-OH is 1. The number of carbonyl (C=O) groups excluding carboxylic acids is 1. The highest BCUT2D eigenvalue weighted by Crippen LogP contribution is 2.05. The Labute approximate surface area is 79.4 Å². The highest BCUT2D eigenvalue weighted by atomic mass is 16.4. The molecular formula is C8H20N2O3. The molecule has 0 aromatic carbocycles. The van der Waals surface area contributed by atoms with Crippen LogP contribution in [0, 0.1) is 0 Å². The summed E-state index contributed by atoms with van der Waals surface area (Å²) < 4.78 is 0.647. The summed E-state index contributed by atoms with van der Waals surface area (Å²) in [6.45, 7) is 2.08. The van der Waals surface area contributed by atoms with Crippen molar-refractivity contribution in [3.8, 4) is 0 Å². The van der Waals surface area contributed by atoms with Gasteiger partial charge in [0.05, 0.1) is 21.1 Å². The second-order valence-corrected chi connectivity index (χ2v) is 3.70. The highest BCUT2D eigenvalue weighted by Gasteiger charge is 2.18. The zero-order valence-corrected chi connectivity index (χ0v) is 8.78. The van der Waals surface area contributed by atoms with Gasteiger partial charge in [0.1, 0.15) is 6.09 Å². The first-order valence-electron chi connectivity index (χ1n) is 4.17. The molecule has 0 aromatic rings. The second-order valence-electron chi connectivity index (χ2n) is 3.70. The molecule has 5 heteroatoms. The van der Waals surface area contributed by atoms with Crippen LogP contribution in [-0.4, -0.2) is 43.1 Å². The Hall–Kier alpha value is -0.810. The summed E-state index contributed by atoms with van der Waals surface area (Å²) in [7, 11) is 6.00. The lowest BCUT2D eigenvalue weighted by atomic mass is 10.3. The van der Waals surface area contributed by atoms with Crippen LogP contribution in [0.3, 0.4) is 0 Å². The molecule has 0 aliphatic rings. The summed E-state index contributed by atoms with van der Waals surface area (Å²) in [6, 6.07) is 0. The van der Waals surface area contributed by atoms with E-state index in [0.717, 1.165) is 12.8 Å². The first-order chi connectivity index (χ1) is 5.71. The quantitative estimate of drug-likeness (QED) is 0.449. The van der Waals surface area contributed by atoms with Gasteiger partial charge >= 0.3 is 0 Å². The average Bonchev–Trinajstić information content (AvgIpc) is 1.84. The van der Waals surface area contributed by atoms with E-state index in [1.165, 1.54) is 0 Å². The molecule has 0 radical (unpaired) electrons. The van der Waals surface area contributed by atoms with Gasteiger partial charge in [-0.25, -0.2) is 0 Å². The molecule has 0 aromatic heterocycles. The van der Waals surface area contributed by atoms with Crippen molar-refractivity contribution in [3.63, 3.8) is 0 Å². The molecule has 0 bridgehead atoms. The Morgan fingerprint density at radius 2 is 1.85 bits per heavy atom. The molecule has 0 aliphatic heterocycles. The number of nitrogens with zero attached hydrogens (tertiary/aromatic N) is 1. The minimum Gasteiger partial charge on any atom is -0.530 e. The Morgan fingerprint density at radius 3 is 1.92 bits per heavy atom. The number of hydrogen-bond donors (Lipinski definition) is 2. The number of nitrogens with two attached hydrogens (primary N) is 1. The number of rotatable bonds is 3. The lowest BCUT2D eigenvalue weighted by Gasteiger charge is -2.29. The molecule has 1 unspecified atom stereocenters. The van der Waals surface area contributed by atoms with Crippen molar-refractivity contribution in [2.24, 2.45) is 5.73 Å². The molecule has 0 saturated carbocycles. The van der Waals surface area contributed by atoms with E-state index in [4.69, 9.17) is 9.90 Å². The van der Waals surface area contributed by atoms with E-state index >= 15 is 0 Å². The fourth-order valence-corrected chi connectivity index (χ4v) is 0.645. The van der Waals surface area contributed by atoms with E-state index in [0.29, 0.717) is 4.48 Å². The summed E-state index contributed by atoms with van der Waals surface area (Å²) in [5.41, 5.74) is 3.92. The zero-order chi connectivity index (χ0) is 11.1. The molecule has 13 heavy (non-hydrogen) atoms. The minimum atomic E-state index is -1.58. The third-order valence-corrected chi connectivity index (χ3v) is 1.44. The van der Waals surface area contributed by atoms with E-state index in [-0.39, 0.29) is 6.23 Å². The summed E-state index contributed by atoms with van der Waals surface area (Å²) in [4.78, 5) is 8.67. The molecule has 3 N–H and O–H groups in total. The maximum Gasteiger partial charge on any atom is 0.189 e. The maximum absolute atomic E-state index is 9.36. The molecule has 0 spiro atoms. The van der Waals surface area contributed by atoms with Gasteiger partial charge in [-0.05, 0) is 6.42 Å². The summed E-state index contributed by atoms with van der Waals surface area (Å²) in [5, 5.41) is 18.0. The van der Waals surface area contributed by atoms with E-state index in [2.05, 4.69) is 12.7 Å². The van der Waals surface area contributed by atoms with Gasteiger partial charge in [-0.2, -0.15) is 0 Å².